The molecule has 89 heavy (non-hydrogen) atoms. The predicted octanol–water partition coefficient (Wildman–Crippen LogP) is 19.7. The number of aliphatic hydroxyl groups is 1. The highest BCUT2D eigenvalue weighted by Crippen LogP contribution is 2.45. The number of phosphoric ester groups is 2. The van der Waals surface area contributed by atoms with E-state index in [1.54, 1.807) is 0 Å². The standard InChI is InChI=1S/C70H136O17P2/c1-60(2)46-38-30-22-15-10-9-11-18-26-34-42-50-67(72)80-56-65(86-69(74)52-44-36-27-19-13-12-16-23-31-39-47-61(3)4)58-84-88(76,77)82-54-64(71)55-83-89(78,79)85-59-66(57-81-68(73)51-43-35-29-21-25-33-41-49-63(7)8)87-70(75)53-45-37-28-20-14-17-24-32-40-48-62(5)6/h60-66,71H,9-59H2,1-8H3,(H,76,77)(H,78,79)/t64?,65-,66-/m1/s1. The lowest BCUT2D eigenvalue weighted by Crippen LogP contribution is -2.30. The Balaban J connectivity index is 5.26. The molecule has 0 fully saturated rings. The quantitative estimate of drug-likeness (QED) is 0.0222. The summed E-state index contributed by atoms with van der Waals surface area (Å²) in [5.41, 5.74) is 0. The van der Waals surface area contributed by atoms with Gasteiger partial charge >= 0.3 is 39.5 Å². The summed E-state index contributed by atoms with van der Waals surface area (Å²) in [6.45, 7) is 14.1. The molecule has 0 aliphatic heterocycles. The van der Waals surface area contributed by atoms with Crippen molar-refractivity contribution >= 4 is 39.5 Å². The van der Waals surface area contributed by atoms with E-state index in [2.05, 4.69) is 55.4 Å². The highest BCUT2D eigenvalue weighted by molar-refractivity contribution is 7.47. The molecule has 0 rings (SSSR count). The van der Waals surface area contributed by atoms with Crippen LogP contribution in [0.2, 0.25) is 0 Å². The van der Waals surface area contributed by atoms with Crippen LogP contribution in [0, 0.1) is 23.7 Å². The normalized spacial score (nSPS) is 14.3. The van der Waals surface area contributed by atoms with E-state index < -0.39 is 97.5 Å². The fraction of sp³-hybridized carbons (Fsp3) is 0.943. The minimum atomic E-state index is -4.95. The van der Waals surface area contributed by atoms with Gasteiger partial charge in [-0.3, -0.25) is 37.3 Å². The number of phosphoric acid groups is 2. The van der Waals surface area contributed by atoms with Crippen molar-refractivity contribution in [3.05, 3.63) is 0 Å². The zero-order valence-electron chi connectivity index (χ0n) is 58.1. The lowest BCUT2D eigenvalue weighted by Gasteiger charge is -2.21. The van der Waals surface area contributed by atoms with Crippen LogP contribution in [0.1, 0.15) is 344 Å². The van der Waals surface area contributed by atoms with Crippen molar-refractivity contribution in [2.75, 3.05) is 39.6 Å². The summed E-state index contributed by atoms with van der Waals surface area (Å²) in [5.74, 6) is 0.834. The monoisotopic (exact) mass is 1310 g/mol. The molecule has 3 N–H and O–H groups in total. The Morgan fingerprint density at radius 1 is 0.281 bits per heavy atom. The van der Waals surface area contributed by atoms with Gasteiger partial charge in [-0.25, -0.2) is 9.13 Å². The van der Waals surface area contributed by atoms with Gasteiger partial charge in [-0.15, -0.1) is 0 Å². The first-order chi connectivity index (χ1) is 42.6. The second-order valence-electron chi connectivity index (χ2n) is 27.2. The number of hydrogen-bond donors (Lipinski definition) is 3. The first-order valence-electron chi connectivity index (χ1n) is 36.2. The number of carbonyl (C=O) groups is 4. The largest absolute Gasteiger partial charge is 0.472 e. The maximum Gasteiger partial charge on any atom is 0.472 e. The molecule has 0 spiro atoms. The van der Waals surface area contributed by atoms with Gasteiger partial charge in [0.05, 0.1) is 26.4 Å². The molecule has 528 valence electrons. The van der Waals surface area contributed by atoms with Crippen LogP contribution < -0.4 is 0 Å². The molecule has 3 unspecified atom stereocenters. The third kappa shape index (κ3) is 64.6. The van der Waals surface area contributed by atoms with Gasteiger partial charge in [-0.05, 0) is 49.4 Å². The smallest absolute Gasteiger partial charge is 0.462 e. The van der Waals surface area contributed by atoms with Gasteiger partial charge in [0.2, 0.25) is 0 Å². The van der Waals surface area contributed by atoms with E-state index in [0.717, 1.165) is 114 Å². The molecule has 0 bridgehead atoms. The summed E-state index contributed by atoms with van der Waals surface area (Å²) in [7, 11) is -9.90. The SMILES string of the molecule is CC(C)CCCCCCCCCCCCCC(=O)OC[C@H](COP(=O)(O)OCC(O)COP(=O)(O)OC[C@@H](COC(=O)CCCCCCCCCC(C)C)OC(=O)CCCCCCCCCCCC(C)C)OC(=O)CCCCCCCCCCCCC(C)C. The Kier molecular flexibility index (Phi) is 58.5. The van der Waals surface area contributed by atoms with Crippen LogP contribution in [0.3, 0.4) is 0 Å². The van der Waals surface area contributed by atoms with Gasteiger partial charge in [0.1, 0.15) is 19.3 Å². The number of rotatable bonds is 67. The third-order valence-electron chi connectivity index (χ3n) is 16.1. The predicted molar refractivity (Wildman–Crippen MR) is 358 cm³/mol. The summed E-state index contributed by atoms with van der Waals surface area (Å²) in [4.78, 5) is 72.5. The van der Waals surface area contributed by atoms with E-state index in [1.807, 2.05) is 0 Å². The molecule has 17 nitrogen and oxygen atoms in total. The van der Waals surface area contributed by atoms with E-state index in [4.69, 9.17) is 37.0 Å². The highest BCUT2D eigenvalue weighted by atomic mass is 31.2. The maximum atomic E-state index is 13.0. The van der Waals surface area contributed by atoms with Crippen molar-refractivity contribution in [3.8, 4) is 0 Å². The van der Waals surface area contributed by atoms with Crippen molar-refractivity contribution in [2.45, 2.75) is 363 Å². The molecule has 5 atom stereocenters. The van der Waals surface area contributed by atoms with Gasteiger partial charge in [0.15, 0.2) is 12.2 Å². The van der Waals surface area contributed by atoms with E-state index >= 15 is 0 Å². The fourth-order valence-corrected chi connectivity index (χ4v) is 12.1. The topological polar surface area (TPSA) is 237 Å². The molecule has 0 aliphatic rings. The molecule has 0 amide bonds. The molecular formula is C70H136O17P2. The number of ether oxygens (including phenoxy) is 4. The first kappa shape index (κ1) is 87.1. The van der Waals surface area contributed by atoms with Crippen LogP contribution >= 0.6 is 15.6 Å². The third-order valence-corrected chi connectivity index (χ3v) is 18.0. The number of hydrogen-bond acceptors (Lipinski definition) is 15. The first-order valence-corrected chi connectivity index (χ1v) is 39.2. The molecule has 0 saturated carbocycles. The second-order valence-corrected chi connectivity index (χ2v) is 30.1. The van der Waals surface area contributed by atoms with Gasteiger partial charge < -0.3 is 33.8 Å². The van der Waals surface area contributed by atoms with E-state index in [0.29, 0.717) is 31.6 Å². The fourth-order valence-electron chi connectivity index (χ4n) is 10.5. The Hall–Kier alpha value is -1.94. The van der Waals surface area contributed by atoms with Crippen molar-refractivity contribution in [1.29, 1.82) is 0 Å². The van der Waals surface area contributed by atoms with Crippen LogP contribution in [-0.4, -0.2) is 96.7 Å². The molecule has 0 aromatic heterocycles. The summed E-state index contributed by atoms with van der Waals surface area (Å²) in [6, 6.07) is 0. The number of aliphatic hydroxyl groups excluding tert-OH is 1. The van der Waals surface area contributed by atoms with Gasteiger partial charge in [0, 0.05) is 25.7 Å². The Morgan fingerprint density at radius 2 is 0.472 bits per heavy atom. The highest BCUT2D eigenvalue weighted by Gasteiger charge is 2.30. The molecule has 0 aliphatic carbocycles. The Labute approximate surface area is 543 Å². The minimum absolute atomic E-state index is 0.104. The number of carbonyl (C=O) groups excluding carboxylic acids is 4. The zero-order chi connectivity index (χ0) is 66.1. The van der Waals surface area contributed by atoms with Crippen LogP contribution in [0.5, 0.6) is 0 Å². The molecule has 0 heterocycles. The Bertz CT molecular complexity index is 1760. The zero-order valence-corrected chi connectivity index (χ0v) is 59.8. The molecule has 0 radical (unpaired) electrons. The molecular weight excluding hydrogens is 1170 g/mol. The van der Waals surface area contributed by atoms with Crippen LogP contribution in [0.4, 0.5) is 0 Å². The van der Waals surface area contributed by atoms with Crippen molar-refractivity contribution in [2.24, 2.45) is 23.7 Å². The number of unbranched alkanes of at least 4 members (excludes halogenated alkanes) is 33. The summed E-state index contributed by atoms with van der Waals surface area (Å²) in [6.07, 6.45) is 41.7. The van der Waals surface area contributed by atoms with Gasteiger partial charge in [-0.2, -0.15) is 0 Å². The van der Waals surface area contributed by atoms with Crippen LogP contribution in [0.15, 0.2) is 0 Å². The second kappa shape index (κ2) is 59.8. The lowest BCUT2D eigenvalue weighted by atomic mass is 10.0. The summed E-state index contributed by atoms with van der Waals surface area (Å²) >= 11 is 0. The molecule has 0 aromatic carbocycles. The molecule has 0 saturated heterocycles. The van der Waals surface area contributed by atoms with Gasteiger partial charge in [0.25, 0.3) is 0 Å². The van der Waals surface area contributed by atoms with Crippen molar-refractivity contribution in [3.63, 3.8) is 0 Å². The maximum absolute atomic E-state index is 13.0. The van der Waals surface area contributed by atoms with Crippen LogP contribution in [-0.2, 0) is 65.4 Å². The molecule has 19 heteroatoms. The minimum Gasteiger partial charge on any atom is -0.462 e. The summed E-state index contributed by atoms with van der Waals surface area (Å²) in [5, 5.41) is 10.6. The van der Waals surface area contributed by atoms with E-state index in [9.17, 15) is 43.2 Å². The van der Waals surface area contributed by atoms with E-state index in [-0.39, 0.29) is 25.7 Å². The average Bonchev–Trinajstić information content (AvgIpc) is 3.67. The average molecular weight is 1310 g/mol. The van der Waals surface area contributed by atoms with Gasteiger partial charge in [-0.1, -0.05) is 293 Å². The Morgan fingerprint density at radius 3 is 0.697 bits per heavy atom. The molecule has 0 aromatic rings. The lowest BCUT2D eigenvalue weighted by molar-refractivity contribution is -0.161. The number of esters is 4. The summed E-state index contributed by atoms with van der Waals surface area (Å²) < 4.78 is 68.3. The van der Waals surface area contributed by atoms with Crippen LogP contribution in [0.25, 0.3) is 0 Å². The van der Waals surface area contributed by atoms with Crippen molar-refractivity contribution in [1.82, 2.24) is 0 Å². The van der Waals surface area contributed by atoms with E-state index in [1.165, 1.54) is 141 Å². The van der Waals surface area contributed by atoms with Crippen molar-refractivity contribution < 1.29 is 80.2 Å².